The highest BCUT2D eigenvalue weighted by Crippen LogP contribution is 2.15. The van der Waals surface area contributed by atoms with E-state index in [1.807, 2.05) is 30.3 Å². The third-order valence-corrected chi connectivity index (χ3v) is 3.66. The van der Waals surface area contributed by atoms with E-state index in [0.29, 0.717) is 18.7 Å². The van der Waals surface area contributed by atoms with Crippen LogP contribution in [0.4, 0.5) is 0 Å². The van der Waals surface area contributed by atoms with Gasteiger partial charge in [-0.15, -0.1) is 5.10 Å². The molecule has 20 heavy (non-hydrogen) atoms. The first-order valence-corrected chi connectivity index (χ1v) is 7.14. The van der Waals surface area contributed by atoms with Crippen LogP contribution in [0.2, 0.25) is 0 Å². The number of aromatic nitrogens is 3. The van der Waals surface area contributed by atoms with Crippen LogP contribution in [0.5, 0.6) is 0 Å². The molecule has 1 fully saturated rings. The molecule has 5 nitrogen and oxygen atoms in total. The van der Waals surface area contributed by atoms with Crippen LogP contribution >= 0.6 is 0 Å². The molecule has 0 spiro atoms. The fraction of sp³-hybridized carbons (Fsp3) is 0.467. The molecule has 2 heterocycles. The summed E-state index contributed by atoms with van der Waals surface area (Å²) in [6.07, 6.45) is 4.38. The lowest BCUT2D eigenvalue weighted by molar-refractivity contribution is 0.0830. The molecule has 1 aromatic heterocycles. The molecule has 0 bridgehead atoms. The van der Waals surface area contributed by atoms with Gasteiger partial charge in [0.1, 0.15) is 6.33 Å². The number of benzene rings is 1. The largest absolute Gasteiger partial charge is 0.377 e. The summed E-state index contributed by atoms with van der Waals surface area (Å²) >= 11 is 0. The summed E-state index contributed by atoms with van der Waals surface area (Å²) < 4.78 is 7.47. The molecule has 1 aromatic carbocycles. The van der Waals surface area contributed by atoms with Crippen molar-refractivity contribution in [2.75, 3.05) is 6.61 Å². The van der Waals surface area contributed by atoms with Gasteiger partial charge in [0.05, 0.1) is 18.3 Å². The highest BCUT2D eigenvalue weighted by Gasteiger charge is 2.22. The van der Waals surface area contributed by atoms with Crippen LogP contribution in [0.3, 0.4) is 0 Å². The Bertz CT molecular complexity index is 534. The summed E-state index contributed by atoms with van der Waals surface area (Å²) in [5.41, 5.74) is 1.03. The van der Waals surface area contributed by atoms with Crippen LogP contribution < -0.4 is 5.32 Å². The molecule has 0 aliphatic carbocycles. The fourth-order valence-electron chi connectivity index (χ4n) is 2.46. The molecular formula is C15H20N4O. The number of nitrogens with zero attached hydrogens (tertiary/aromatic N) is 3. The van der Waals surface area contributed by atoms with Crippen molar-refractivity contribution in [3.05, 3.63) is 42.5 Å². The lowest BCUT2D eigenvalue weighted by atomic mass is 10.1. The van der Waals surface area contributed by atoms with Crippen LogP contribution in [0.15, 0.2) is 36.7 Å². The second-order valence-corrected chi connectivity index (χ2v) is 5.16. The molecule has 0 unspecified atom stereocenters. The van der Waals surface area contributed by atoms with E-state index in [-0.39, 0.29) is 0 Å². The molecule has 2 aromatic rings. The Hall–Kier alpha value is -1.72. The highest BCUT2D eigenvalue weighted by molar-refractivity contribution is 5.29. The summed E-state index contributed by atoms with van der Waals surface area (Å²) in [7, 11) is 0. The first-order valence-electron chi connectivity index (χ1n) is 7.14. The normalized spacial score (nSPS) is 20.1. The maximum absolute atomic E-state index is 5.67. The number of ether oxygens (including phenoxy) is 1. The topological polar surface area (TPSA) is 52.0 Å². The Morgan fingerprint density at radius 1 is 1.40 bits per heavy atom. The van der Waals surface area contributed by atoms with Gasteiger partial charge in [-0.2, -0.15) is 0 Å². The van der Waals surface area contributed by atoms with E-state index in [4.69, 9.17) is 4.74 Å². The van der Waals surface area contributed by atoms with Crippen molar-refractivity contribution in [3.8, 4) is 5.69 Å². The quantitative estimate of drug-likeness (QED) is 0.903. The van der Waals surface area contributed by atoms with Crippen molar-refractivity contribution in [2.24, 2.45) is 0 Å². The molecule has 0 radical (unpaired) electrons. The van der Waals surface area contributed by atoms with Crippen molar-refractivity contribution in [3.63, 3.8) is 0 Å². The second kappa shape index (κ2) is 6.15. The summed E-state index contributed by atoms with van der Waals surface area (Å²) in [4.78, 5) is 4.34. The van der Waals surface area contributed by atoms with E-state index in [0.717, 1.165) is 31.0 Å². The molecule has 5 heteroatoms. The third-order valence-electron chi connectivity index (χ3n) is 3.66. The van der Waals surface area contributed by atoms with Crippen molar-refractivity contribution in [1.29, 1.82) is 0 Å². The van der Waals surface area contributed by atoms with Crippen LogP contribution in [-0.4, -0.2) is 33.5 Å². The van der Waals surface area contributed by atoms with Gasteiger partial charge in [-0.25, -0.2) is 9.67 Å². The Morgan fingerprint density at radius 3 is 3.00 bits per heavy atom. The minimum Gasteiger partial charge on any atom is -0.377 e. The summed E-state index contributed by atoms with van der Waals surface area (Å²) in [5, 5.41) is 7.92. The molecule has 1 aliphatic rings. The zero-order chi connectivity index (χ0) is 13.8. The van der Waals surface area contributed by atoms with Gasteiger partial charge in [-0.05, 0) is 31.9 Å². The van der Waals surface area contributed by atoms with Crippen molar-refractivity contribution < 1.29 is 4.74 Å². The Labute approximate surface area is 119 Å². The highest BCUT2D eigenvalue weighted by atomic mass is 16.5. The number of nitrogens with one attached hydrogen (secondary N) is 1. The lowest BCUT2D eigenvalue weighted by Gasteiger charge is -2.19. The summed E-state index contributed by atoms with van der Waals surface area (Å²) in [6, 6.07) is 10.3. The zero-order valence-electron chi connectivity index (χ0n) is 11.7. The Kier molecular flexibility index (Phi) is 4.08. The molecule has 1 saturated heterocycles. The van der Waals surface area contributed by atoms with E-state index in [2.05, 4.69) is 22.3 Å². The van der Waals surface area contributed by atoms with Gasteiger partial charge in [-0.1, -0.05) is 18.2 Å². The minimum absolute atomic E-state index is 0.325. The maximum Gasteiger partial charge on any atom is 0.164 e. The van der Waals surface area contributed by atoms with Crippen LogP contribution in [0, 0.1) is 0 Å². The monoisotopic (exact) mass is 272 g/mol. The standard InChI is InChI=1S/C15H20N4O/c1-12(14-8-5-9-20-14)16-10-15-17-11-19(18-15)13-6-3-2-4-7-13/h2-4,6-7,11-12,14,16H,5,8-10H2,1H3/t12-,14+/m0/s1. The van der Waals surface area contributed by atoms with E-state index in [1.54, 1.807) is 11.0 Å². The predicted octanol–water partition coefficient (Wildman–Crippen LogP) is 1.92. The first kappa shape index (κ1) is 13.3. The van der Waals surface area contributed by atoms with Crippen molar-refractivity contribution >= 4 is 0 Å². The smallest absolute Gasteiger partial charge is 0.164 e. The number of hydrogen-bond donors (Lipinski definition) is 1. The maximum atomic E-state index is 5.67. The molecule has 0 amide bonds. The van der Waals surface area contributed by atoms with Gasteiger partial charge in [0.25, 0.3) is 0 Å². The van der Waals surface area contributed by atoms with E-state index in [9.17, 15) is 0 Å². The Morgan fingerprint density at radius 2 is 2.25 bits per heavy atom. The van der Waals surface area contributed by atoms with Crippen LogP contribution in [0.25, 0.3) is 5.69 Å². The molecular weight excluding hydrogens is 252 g/mol. The Balaban J connectivity index is 1.57. The lowest BCUT2D eigenvalue weighted by Crippen LogP contribution is -2.36. The van der Waals surface area contributed by atoms with Crippen LogP contribution in [-0.2, 0) is 11.3 Å². The van der Waals surface area contributed by atoms with Crippen molar-refractivity contribution in [1.82, 2.24) is 20.1 Å². The first-order chi connectivity index (χ1) is 9.83. The second-order valence-electron chi connectivity index (χ2n) is 5.16. The average molecular weight is 272 g/mol. The van der Waals surface area contributed by atoms with E-state index >= 15 is 0 Å². The SMILES string of the molecule is C[C@H](NCc1ncn(-c2ccccc2)n1)[C@H]1CCCO1. The van der Waals surface area contributed by atoms with Gasteiger partial charge in [0.2, 0.25) is 0 Å². The van der Waals surface area contributed by atoms with Gasteiger partial charge in [0, 0.05) is 12.6 Å². The van der Waals surface area contributed by atoms with E-state index < -0.39 is 0 Å². The summed E-state index contributed by atoms with van der Waals surface area (Å²) in [5.74, 6) is 0.804. The fourth-order valence-corrected chi connectivity index (χ4v) is 2.46. The molecule has 1 N–H and O–H groups in total. The molecule has 106 valence electrons. The van der Waals surface area contributed by atoms with Gasteiger partial charge in [-0.3, -0.25) is 0 Å². The number of para-hydroxylation sites is 1. The average Bonchev–Trinajstić information content (AvgIpc) is 3.17. The minimum atomic E-state index is 0.325. The molecule has 1 aliphatic heterocycles. The molecule has 0 saturated carbocycles. The van der Waals surface area contributed by atoms with E-state index in [1.165, 1.54) is 0 Å². The molecule has 3 rings (SSSR count). The van der Waals surface area contributed by atoms with Crippen LogP contribution in [0.1, 0.15) is 25.6 Å². The van der Waals surface area contributed by atoms with Gasteiger partial charge >= 0.3 is 0 Å². The molecule has 2 atom stereocenters. The zero-order valence-corrected chi connectivity index (χ0v) is 11.7. The van der Waals surface area contributed by atoms with Gasteiger partial charge < -0.3 is 10.1 Å². The summed E-state index contributed by atoms with van der Waals surface area (Å²) in [6.45, 7) is 3.71. The number of hydrogen-bond acceptors (Lipinski definition) is 4. The third kappa shape index (κ3) is 3.05. The van der Waals surface area contributed by atoms with Crippen molar-refractivity contribution in [2.45, 2.75) is 38.5 Å². The predicted molar refractivity (Wildman–Crippen MR) is 76.6 cm³/mol. The van der Waals surface area contributed by atoms with Gasteiger partial charge in [0.15, 0.2) is 5.82 Å². The number of rotatable bonds is 5.